The van der Waals surface area contributed by atoms with E-state index in [4.69, 9.17) is 0 Å². The summed E-state index contributed by atoms with van der Waals surface area (Å²) in [5.41, 5.74) is 0.236. The quantitative estimate of drug-likeness (QED) is 0.384. The lowest BCUT2D eigenvalue weighted by Gasteiger charge is -2.43. The van der Waals surface area contributed by atoms with Crippen LogP contribution in [-0.4, -0.2) is 47.1 Å². The van der Waals surface area contributed by atoms with E-state index in [-0.39, 0.29) is 29.1 Å². The number of rotatable bonds is 6. The molecule has 1 aromatic heterocycles. The zero-order valence-corrected chi connectivity index (χ0v) is 21.7. The molecule has 9 heteroatoms. The third kappa shape index (κ3) is 5.77. The summed E-state index contributed by atoms with van der Waals surface area (Å²) in [4.78, 5) is 13.9. The summed E-state index contributed by atoms with van der Waals surface area (Å²) in [6.07, 6.45) is 4.73. The van der Waals surface area contributed by atoms with Crippen molar-refractivity contribution in [2.75, 3.05) is 36.4 Å². The fourth-order valence-electron chi connectivity index (χ4n) is 5.88. The van der Waals surface area contributed by atoms with Gasteiger partial charge >= 0.3 is 0 Å². The molecule has 0 bridgehead atoms. The molecule has 5 rings (SSSR count). The van der Waals surface area contributed by atoms with Crippen LogP contribution in [0.3, 0.4) is 0 Å². The van der Waals surface area contributed by atoms with Crippen molar-refractivity contribution < 1.29 is 17.6 Å². The van der Waals surface area contributed by atoms with Crippen LogP contribution >= 0.6 is 0 Å². The minimum Gasteiger partial charge on any atom is -0.365 e. The molecular formula is C29H33F4N5. The number of hydrogen-bond acceptors (Lipinski definition) is 5. The Morgan fingerprint density at radius 3 is 2.24 bits per heavy atom. The highest BCUT2D eigenvalue weighted by molar-refractivity contribution is 5.75. The highest BCUT2D eigenvalue weighted by Gasteiger charge is 2.31. The Labute approximate surface area is 220 Å². The highest BCUT2D eigenvalue weighted by atomic mass is 19.1. The Morgan fingerprint density at radius 1 is 0.895 bits per heavy atom. The first-order chi connectivity index (χ1) is 18.3. The number of piperidine rings is 2. The van der Waals surface area contributed by atoms with Gasteiger partial charge in [0.1, 0.15) is 29.1 Å². The van der Waals surface area contributed by atoms with Gasteiger partial charge in [0.25, 0.3) is 0 Å². The number of benzene rings is 2. The van der Waals surface area contributed by atoms with Gasteiger partial charge in [-0.25, -0.2) is 22.5 Å². The van der Waals surface area contributed by atoms with Crippen LogP contribution in [0.4, 0.5) is 29.3 Å². The summed E-state index contributed by atoms with van der Waals surface area (Å²) in [5.74, 6) is -0.760. The van der Waals surface area contributed by atoms with E-state index in [0.29, 0.717) is 23.8 Å². The molecule has 0 radical (unpaired) electrons. The summed E-state index contributed by atoms with van der Waals surface area (Å²) < 4.78 is 56.8. The van der Waals surface area contributed by atoms with Crippen LogP contribution in [0, 0.1) is 35.1 Å². The average Bonchev–Trinajstić information content (AvgIpc) is 2.88. The van der Waals surface area contributed by atoms with Gasteiger partial charge in [0, 0.05) is 67.7 Å². The van der Waals surface area contributed by atoms with Gasteiger partial charge < -0.3 is 10.2 Å². The van der Waals surface area contributed by atoms with Crippen LogP contribution < -0.4 is 10.2 Å². The molecule has 5 nitrogen and oxygen atoms in total. The van der Waals surface area contributed by atoms with Crippen molar-refractivity contribution in [3.8, 4) is 11.1 Å². The first-order valence-corrected chi connectivity index (χ1v) is 13.3. The van der Waals surface area contributed by atoms with Gasteiger partial charge in [-0.15, -0.1) is 0 Å². The zero-order valence-electron chi connectivity index (χ0n) is 21.7. The Morgan fingerprint density at radius 2 is 1.58 bits per heavy atom. The minimum atomic E-state index is -0.771. The Kier molecular flexibility index (Phi) is 7.83. The van der Waals surface area contributed by atoms with Crippen LogP contribution in [0.5, 0.6) is 0 Å². The van der Waals surface area contributed by atoms with Gasteiger partial charge in [-0.3, -0.25) is 4.90 Å². The smallest absolute Gasteiger partial charge is 0.227 e. The fourth-order valence-corrected chi connectivity index (χ4v) is 5.88. The maximum atomic E-state index is 14.7. The summed E-state index contributed by atoms with van der Waals surface area (Å²) in [6.45, 7) is 8.25. The SMILES string of the molecule is CC1CC(C)CN(C2CCN(c3ncc(-c4ccc(F)cc4F)c(NCc4c(F)cccc4F)n3)CC2)C1. The standard InChI is InChI=1S/C29H33F4N5/c1-18-12-19(2)17-38(16-18)21-8-10-37(11-9-21)29-35-14-23(22-7-6-20(30)13-27(22)33)28(36-29)34-15-24-25(31)4-3-5-26(24)32/h3-7,13-14,18-19,21H,8-12,15-17H2,1-2H3,(H,34,35,36). The third-order valence-corrected chi connectivity index (χ3v) is 7.65. The second-order valence-corrected chi connectivity index (χ2v) is 10.7. The second-order valence-electron chi connectivity index (χ2n) is 10.7. The molecule has 0 aliphatic carbocycles. The number of halogens is 4. The second kappa shape index (κ2) is 11.3. The predicted molar refractivity (Wildman–Crippen MR) is 141 cm³/mol. The first kappa shape index (κ1) is 26.4. The molecule has 202 valence electrons. The van der Waals surface area contributed by atoms with Crippen molar-refractivity contribution >= 4 is 11.8 Å². The summed E-state index contributed by atoms with van der Waals surface area (Å²) in [7, 11) is 0. The van der Waals surface area contributed by atoms with Crippen LogP contribution in [0.25, 0.3) is 11.1 Å². The minimum absolute atomic E-state index is 0.0986. The van der Waals surface area contributed by atoms with Crippen molar-refractivity contribution in [2.45, 2.75) is 45.7 Å². The van der Waals surface area contributed by atoms with Gasteiger partial charge in [-0.2, -0.15) is 4.98 Å². The van der Waals surface area contributed by atoms with Crippen LogP contribution in [-0.2, 0) is 6.54 Å². The van der Waals surface area contributed by atoms with E-state index in [1.165, 1.54) is 36.9 Å². The number of nitrogens with one attached hydrogen (secondary N) is 1. The highest BCUT2D eigenvalue weighted by Crippen LogP contribution is 2.32. The van der Waals surface area contributed by atoms with Crippen molar-refractivity contribution in [2.24, 2.45) is 11.8 Å². The number of likely N-dealkylation sites (tertiary alicyclic amines) is 1. The van der Waals surface area contributed by atoms with E-state index < -0.39 is 23.3 Å². The topological polar surface area (TPSA) is 44.3 Å². The van der Waals surface area contributed by atoms with Gasteiger partial charge in [-0.05, 0) is 55.4 Å². The van der Waals surface area contributed by atoms with Crippen molar-refractivity contribution in [1.29, 1.82) is 0 Å². The Bertz CT molecular complexity index is 1250. The lowest BCUT2D eigenvalue weighted by atomic mass is 9.89. The maximum absolute atomic E-state index is 14.7. The molecule has 2 unspecified atom stereocenters. The van der Waals surface area contributed by atoms with E-state index in [9.17, 15) is 17.6 Å². The van der Waals surface area contributed by atoms with Gasteiger partial charge in [0.2, 0.25) is 5.95 Å². The molecule has 0 saturated carbocycles. The van der Waals surface area contributed by atoms with Crippen molar-refractivity contribution in [3.63, 3.8) is 0 Å². The van der Waals surface area contributed by atoms with E-state index in [1.54, 1.807) is 0 Å². The van der Waals surface area contributed by atoms with E-state index in [1.807, 2.05) is 0 Å². The lowest BCUT2D eigenvalue weighted by molar-refractivity contribution is 0.0824. The van der Waals surface area contributed by atoms with Crippen LogP contribution in [0.15, 0.2) is 42.6 Å². The maximum Gasteiger partial charge on any atom is 0.227 e. The summed E-state index contributed by atoms with van der Waals surface area (Å²) in [6, 6.07) is 7.43. The van der Waals surface area contributed by atoms with Crippen LogP contribution in [0.2, 0.25) is 0 Å². The third-order valence-electron chi connectivity index (χ3n) is 7.65. The Hall–Kier alpha value is -3.20. The molecule has 2 aliphatic heterocycles. The molecule has 2 aromatic carbocycles. The lowest BCUT2D eigenvalue weighted by Crippen LogP contribution is -2.50. The van der Waals surface area contributed by atoms with Gasteiger partial charge in [0.15, 0.2) is 0 Å². The molecule has 3 aromatic rings. The van der Waals surface area contributed by atoms with Gasteiger partial charge in [-0.1, -0.05) is 19.9 Å². The number of anilines is 2. The zero-order chi connectivity index (χ0) is 26.8. The molecule has 0 spiro atoms. The fraction of sp³-hybridized carbons (Fsp3) is 0.448. The monoisotopic (exact) mass is 527 g/mol. The van der Waals surface area contributed by atoms with Gasteiger partial charge in [0.05, 0.1) is 0 Å². The molecule has 2 saturated heterocycles. The molecule has 3 heterocycles. The largest absolute Gasteiger partial charge is 0.365 e. The summed E-state index contributed by atoms with van der Waals surface area (Å²) in [5, 5.41) is 2.97. The Balaban J connectivity index is 1.38. The molecule has 2 atom stereocenters. The molecular weight excluding hydrogens is 494 g/mol. The van der Waals surface area contributed by atoms with E-state index in [2.05, 4.69) is 38.9 Å². The molecule has 0 amide bonds. The van der Waals surface area contributed by atoms with E-state index in [0.717, 1.165) is 51.2 Å². The molecule has 38 heavy (non-hydrogen) atoms. The number of aromatic nitrogens is 2. The average molecular weight is 528 g/mol. The predicted octanol–water partition coefficient (Wildman–Crippen LogP) is 6.26. The number of hydrogen-bond donors (Lipinski definition) is 1. The summed E-state index contributed by atoms with van der Waals surface area (Å²) >= 11 is 0. The van der Waals surface area contributed by atoms with Crippen molar-refractivity contribution in [3.05, 3.63) is 71.4 Å². The first-order valence-electron chi connectivity index (χ1n) is 13.3. The molecule has 2 fully saturated rings. The van der Waals surface area contributed by atoms with E-state index >= 15 is 0 Å². The normalized spacial score (nSPS) is 21.1. The van der Waals surface area contributed by atoms with Crippen molar-refractivity contribution in [1.82, 2.24) is 14.9 Å². The molecule has 2 aliphatic rings. The molecule has 1 N–H and O–H groups in total. The number of nitrogens with zero attached hydrogens (tertiary/aromatic N) is 4. The van der Waals surface area contributed by atoms with Crippen LogP contribution in [0.1, 0.15) is 38.7 Å².